The molecule has 0 saturated heterocycles. The van der Waals surface area contributed by atoms with E-state index >= 15 is 0 Å². The Bertz CT molecular complexity index is 401. The molecule has 2 nitrogen and oxygen atoms in total. The average molecular weight is 315 g/mol. The summed E-state index contributed by atoms with van der Waals surface area (Å²) in [4.78, 5) is 11.7. The van der Waals surface area contributed by atoms with Crippen LogP contribution in [0.5, 0.6) is 0 Å². The molecule has 1 unspecified atom stereocenters. The molecule has 0 spiro atoms. The average Bonchev–Trinajstić information content (AvgIpc) is 2.17. The van der Waals surface area contributed by atoms with Crippen LogP contribution in [0.4, 0.5) is 0 Å². The van der Waals surface area contributed by atoms with E-state index in [0.29, 0.717) is 11.8 Å². The van der Waals surface area contributed by atoms with Gasteiger partial charge in [0, 0.05) is 21.6 Å². The van der Waals surface area contributed by atoms with Gasteiger partial charge in [0.25, 0.3) is 5.91 Å². The van der Waals surface area contributed by atoms with Crippen LogP contribution in [-0.4, -0.2) is 12.5 Å². The van der Waals surface area contributed by atoms with Crippen molar-refractivity contribution in [2.45, 2.75) is 19.8 Å². The van der Waals surface area contributed by atoms with Gasteiger partial charge in [-0.05, 0) is 52.3 Å². The maximum absolute atomic E-state index is 11.7. The Hall–Kier alpha value is -0.580. The lowest BCUT2D eigenvalue weighted by molar-refractivity contribution is 0.0936. The van der Waals surface area contributed by atoms with Crippen LogP contribution in [-0.2, 0) is 0 Å². The molecule has 3 heteroatoms. The lowest BCUT2D eigenvalue weighted by Gasteiger charge is -2.28. The predicted octanol–water partition coefficient (Wildman–Crippen LogP) is 2.77. The molecule has 0 aliphatic carbocycles. The maximum atomic E-state index is 11.7. The van der Waals surface area contributed by atoms with E-state index in [2.05, 4.69) is 47.8 Å². The number of amides is 1. The summed E-state index contributed by atoms with van der Waals surface area (Å²) < 4.78 is 1.20. The van der Waals surface area contributed by atoms with Gasteiger partial charge in [-0.25, -0.2) is 0 Å². The number of rotatable bonds is 1. The molecule has 0 saturated carbocycles. The number of benzene rings is 1. The standard InChI is InChI=1S/C12H14INO/c1-7(2)11-6-14-12(15)9-4-3-8(13)5-10(9)11/h3-5,7,11H,6H2,1-2H3,(H,14,15). The van der Waals surface area contributed by atoms with Crippen LogP contribution in [0.1, 0.15) is 35.7 Å². The molecule has 15 heavy (non-hydrogen) atoms. The molecule has 80 valence electrons. The molecule has 2 rings (SSSR count). The van der Waals surface area contributed by atoms with Crippen molar-refractivity contribution in [3.8, 4) is 0 Å². The first-order chi connectivity index (χ1) is 7.09. The molecule has 1 heterocycles. The monoisotopic (exact) mass is 315 g/mol. The van der Waals surface area contributed by atoms with E-state index in [0.717, 1.165) is 12.1 Å². The Kier molecular flexibility index (Phi) is 3.00. The molecule has 1 N–H and O–H groups in total. The van der Waals surface area contributed by atoms with E-state index in [1.165, 1.54) is 9.13 Å². The fourth-order valence-corrected chi connectivity index (χ4v) is 2.57. The van der Waals surface area contributed by atoms with Crippen molar-refractivity contribution in [2.24, 2.45) is 5.92 Å². The molecule has 0 radical (unpaired) electrons. The highest BCUT2D eigenvalue weighted by molar-refractivity contribution is 14.1. The SMILES string of the molecule is CC(C)C1CNC(=O)c2ccc(I)cc21. The van der Waals surface area contributed by atoms with Gasteiger partial charge < -0.3 is 5.32 Å². The zero-order valence-corrected chi connectivity index (χ0v) is 11.0. The second-order valence-corrected chi connectivity index (χ2v) is 5.54. The van der Waals surface area contributed by atoms with Crippen LogP contribution in [0, 0.1) is 9.49 Å². The summed E-state index contributed by atoms with van der Waals surface area (Å²) in [5.41, 5.74) is 2.06. The summed E-state index contributed by atoms with van der Waals surface area (Å²) in [7, 11) is 0. The molecule has 1 aromatic carbocycles. The fraction of sp³-hybridized carbons (Fsp3) is 0.417. The van der Waals surface area contributed by atoms with Gasteiger partial charge in [-0.2, -0.15) is 0 Å². The highest BCUT2D eigenvalue weighted by atomic mass is 127. The first-order valence-corrected chi connectivity index (χ1v) is 6.25. The summed E-state index contributed by atoms with van der Waals surface area (Å²) in [6.07, 6.45) is 0. The van der Waals surface area contributed by atoms with Crippen LogP contribution >= 0.6 is 22.6 Å². The summed E-state index contributed by atoms with van der Waals surface area (Å²) in [5, 5.41) is 2.95. The highest BCUT2D eigenvalue weighted by Gasteiger charge is 2.27. The Morgan fingerprint density at radius 3 is 2.87 bits per heavy atom. The first-order valence-electron chi connectivity index (χ1n) is 5.17. The molecular formula is C12H14INO. The summed E-state index contributed by atoms with van der Waals surface area (Å²) in [5.74, 6) is 1.08. The van der Waals surface area contributed by atoms with E-state index in [4.69, 9.17) is 0 Å². The second kappa shape index (κ2) is 4.12. The van der Waals surface area contributed by atoms with Gasteiger partial charge in [-0.1, -0.05) is 13.8 Å². The van der Waals surface area contributed by atoms with Gasteiger partial charge in [0.1, 0.15) is 0 Å². The molecule has 1 aliphatic rings. The van der Waals surface area contributed by atoms with E-state index in [9.17, 15) is 4.79 Å². The van der Waals surface area contributed by atoms with E-state index in [1.807, 2.05) is 12.1 Å². The van der Waals surface area contributed by atoms with Crippen molar-refractivity contribution in [1.82, 2.24) is 5.32 Å². The van der Waals surface area contributed by atoms with Gasteiger partial charge >= 0.3 is 0 Å². The number of fused-ring (bicyclic) bond motifs is 1. The quantitative estimate of drug-likeness (QED) is 0.793. The van der Waals surface area contributed by atoms with Crippen molar-refractivity contribution in [3.63, 3.8) is 0 Å². The van der Waals surface area contributed by atoms with Gasteiger partial charge in [-0.15, -0.1) is 0 Å². The Balaban J connectivity index is 2.51. The third-order valence-electron chi connectivity index (χ3n) is 2.94. The van der Waals surface area contributed by atoms with Crippen LogP contribution in [0.25, 0.3) is 0 Å². The van der Waals surface area contributed by atoms with Gasteiger partial charge in [0.15, 0.2) is 0 Å². The van der Waals surface area contributed by atoms with E-state index in [1.54, 1.807) is 0 Å². The summed E-state index contributed by atoms with van der Waals surface area (Å²) >= 11 is 2.29. The maximum Gasteiger partial charge on any atom is 0.251 e. The van der Waals surface area contributed by atoms with E-state index in [-0.39, 0.29) is 5.91 Å². The van der Waals surface area contributed by atoms with Crippen LogP contribution in [0.3, 0.4) is 0 Å². The second-order valence-electron chi connectivity index (χ2n) is 4.29. The number of halogens is 1. The Morgan fingerprint density at radius 1 is 1.47 bits per heavy atom. The number of nitrogens with one attached hydrogen (secondary N) is 1. The lowest BCUT2D eigenvalue weighted by atomic mass is 9.83. The fourth-order valence-electron chi connectivity index (χ4n) is 2.05. The summed E-state index contributed by atoms with van der Waals surface area (Å²) in [6, 6.07) is 6.06. The molecule has 0 aromatic heterocycles. The van der Waals surface area contributed by atoms with Crippen LogP contribution in [0.15, 0.2) is 18.2 Å². The number of hydrogen-bond acceptors (Lipinski definition) is 1. The molecule has 1 aliphatic heterocycles. The predicted molar refractivity (Wildman–Crippen MR) is 69.1 cm³/mol. The number of hydrogen-bond donors (Lipinski definition) is 1. The van der Waals surface area contributed by atoms with Crippen molar-refractivity contribution < 1.29 is 4.79 Å². The van der Waals surface area contributed by atoms with Crippen molar-refractivity contribution in [1.29, 1.82) is 0 Å². The Labute approximate surface area is 104 Å². The molecule has 1 atom stereocenters. The molecule has 0 fully saturated rings. The zero-order valence-electron chi connectivity index (χ0n) is 8.88. The van der Waals surface area contributed by atoms with Crippen molar-refractivity contribution >= 4 is 28.5 Å². The van der Waals surface area contributed by atoms with Gasteiger partial charge in [0.2, 0.25) is 0 Å². The smallest absolute Gasteiger partial charge is 0.251 e. The van der Waals surface area contributed by atoms with E-state index < -0.39 is 0 Å². The lowest BCUT2D eigenvalue weighted by Crippen LogP contribution is -2.36. The third-order valence-corrected chi connectivity index (χ3v) is 3.62. The minimum Gasteiger partial charge on any atom is -0.351 e. The topological polar surface area (TPSA) is 29.1 Å². The van der Waals surface area contributed by atoms with Crippen molar-refractivity contribution in [3.05, 3.63) is 32.9 Å². The number of carbonyl (C=O) groups is 1. The normalized spacial score (nSPS) is 20.0. The first kappa shape index (κ1) is 10.9. The van der Waals surface area contributed by atoms with Gasteiger partial charge in [-0.3, -0.25) is 4.79 Å². The summed E-state index contributed by atoms with van der Waals surface area (Å²) in [6.45, 7) is 5.17. The van der Waals surface area contributed by atoms with Crippen molar-refractivity contribution in [2.75, 3.05) is 6.54 Å². The van der Waals surface area contributed by atoms with Crippen LogP contribution in [0.2, 0.25) is 0 Å². The van der Waals surface area contributed by atoms with Gasteiger partial charge in [0.05, 0.1) is 0 Å². The zero-order chi connectivity index (χ0) is 11.0. The largest absolute Gasteiger partial charge is 0.351 e. The minimum absolute atomic E-state index is 0.0679. The van der Waals surface area contributed by atoms with Crippen LogP contribution < -0.4 is 5.32 Å². The molecule has 1 amide bonds. The molecule has 0 bridgehead atoms. The Morgan fingerprint density at radius 2 is 2.20 bits per heavy atom. The highest BCUT2D eigenvalue weighted by Crippen LogP contribution is 2.30. The number of carbonyl (C=O) groups excluding carboxylic acids is 1. The minimum atomic E-state index is 0.0679. The third kappa shape index (κ3) is 2.02. The molecule has 1 aromatic rings. The molecular weight excluding hydrogens is 301 g/mol.